The van der Waals surface area contributed by atoms with Crippen molar-refractivity contribution < 1.29 is 23.9 Å². The maximum Gasteiger partial charge on any atom is 0.255 e. The van der Waals surface area contributed by atoms with Gasteiger partial charge in [0.2, 0.25) is 11.8 Å². The predicted octanol–water partition coefficient (Wildman–Crippen LogP) is 2.30. The first kappa shape index (κ1) is 25.4. The van der Waals surface area contributed by atoms with Gasteiger partial charge in [0, 0.05) is 43.7 Å². The van der Waals surface area contributed by atoms with Crippen molar-refractivity contribution in [2.75, 3.05) is 39.4 Å². The molecule has 9 nitrogen and oxygen atoms in total. The van der Waals surface area contributed by atoms with Gasteiger partial charge in [0.15, 0.2) is 0 Å². The van der Waals surface area contributed by atoms with E-state index in [2.05, 4.69) is 28.4 Å². The van der Waals surface area contributed by atoms with Gasteiger partial charge in [0.25, 0.3) is 11.8 Å². The molecule has 40 heavy (non-hydrogen) atoms. The van der Waals surface area contributed by atoms with Crippen LogP contribution in [0.2, 0.25) is 0 Å². The number of nitrogens with zero attached hydrogens (tertiary/aromatic N) is 3. The van der Waals surface area contributed by atoms with Gasteiger partial charge in [-0.3, -0.25) is 29.4 Å². The molecule has 4 fully saturated rings. The topological polar surface area (TPSA) is 99.3 Å². The molecule has 9 heteroatoms. The molecule has 2 aromatic carbocycles. The Morgan fingerprint density at radius 3 is 2.52 bits per heavy atom. The standard InChI is InChI=1S/C31H34N4O5/c36-27-7-6-26(28(37)32-27)35-15-24-13-22(4-5-25(24)30(35)39)21-8-10-33(11-9-21)14-20-2-1-3-23(12-20)29(38)34-16-31(17-34)18-40-19-31/h1-5,12-13,21,26H,6-11,14-19H2,(H,32,36,37). The molecule has 1 unspecified atom stereocenters. The van der Waals surface area contributed by atoms with E-state index in [-0.39, 0.29) is 35.5 Å². The van der Waals surface area contributed by atoms with Gasteiger partial charge >= 0.3 is 0 Å². The van der Waals surface area contributed by atoms with Crippen molar-refractivity contribution in [3.8, 4) is 0 Å². The summed E-state index contributed by atoms with van der Waals surface area (Å²) < 4.78 is 5.33. The Hall–Kier alpha value is -3.56. The number of amides is 4. The Bertz CT molecular complexity index is 1390. The van der Waals surface area contributed by atoms with Gasteiger partial charge in [-0.05, 0) is 73.2 Å². The van der Waals surface area contributed by atoms with E-state index in [1.807, 2.05) is 29.2 Å². The van der Waals surface area contributed by atoms with Gasteiger partial charge in [-0.25, -0.2) is 0 Å². The highest BCUT2D eigenvalue weighted by molar-refractivity contribution is 6.05. The number of carbonyl (C=O) groups is 4. The molecule has 0 radical (unpaired) electrons. The van der Waals surface area contributed by atoms with Crippen molar-refractivity contribution in [3.05, 3.63) is 70.3 Å². The first-order chi connectivity index (χ1) is 19.4. The van der Waals surface area contributed by atoms with E-state index in [4.69, 9.17) is 4.74 Å². The van der Waals surface area contributed by atoms with Gasteiger partial charge in [-0.1, -0.05) is 24.3 Å². The molecule has 1 spiro atoms. The van der Waals surface area contributed by atoms with Gasteiger partial charge in [-0.2, -0.15) is 0 Å². The second-order valence-corrected chi connectivity index (χ2v) is 12.2. The zero-order chi connectivity index (χ0) is 27.4. The highest BCUT2D eigenvalue weighted by atomic mass is 16.5. The molecule has 0 aliphatic carbocycles. The van der Waals surface area contributed by atoms with Gasteiger partial charge in [-0.15, -0.1) is 0 Å². The summed E-state index contributed by atoms with van der Waals surface area (Å²) in [6, 6.07) is 13.6. The van der Waals surface area contributed by atoms with E-state index in [9.17, 15) is 19.2 Å². The number of fused-ring (bicyclic) bond motifs is 1. The van der Waals surface area contributed by atoms with Crippen molar-refractivity contribution in [2.45, 2.75) is 50.7 Å². The maximum atomic E-state index is 13.0. The lowest BCUT2D eigenvalue weighted by molar-refractivity contribution is -0.176. The molecule has 5 aliphatic heterocycles. The number of piperidine rings is 2. The summed E-state index contributed by atoms with van der Waals surface area (Å²) in [4.78, 5) is 55.8. The largest absolute Gasteiger partial charge is 0.380 e. The third kappa shape index (κ3) is 4.51. The lowest BCUT2D eigenvalue weighted by atomic mass is 9.78. The van der Waals surface area contributed by atoms with Crippen LogP contribution in [0.25, 0.3) is 0 Å². The fraction of sp³-hybridized carbons (Fsp3) is 0.484. The molecule has 7 rings (SSSR count). The summed E-state index contributed by atoms with van der Waals surface area (Å²) in [5, 5.41) is 2.36. The fourth-order valence-electron chi connectivity index (χ4n) is 7.00. The molecule has 1 atom stereocenters. The first-order valence-corrected chi connectivity index (χ1v) is 14.3. The van der Waals surface area contributed by atoms with E-state index in [1.165, 1.54) is 5.56 Å². The molecule has 5 aliphatic rings. The Morgan fingerprint density at radius 2 is 1.80 bits per heavy atom. The van der Waals surface area contributed by atoms with Crippen LogP contribution in [0, 0.1) is 5.41 Å². The number of imide groups is 1. The number of benzene rings is 2. The molecule has 0 saturated carbocycles. The zero-order valence-corrected chi connectivity index (χ0v) is 22.6. The van der Waals surface area contributed by atoms with Crippen LogP contribution in [0.3, 0.4) is 0 Å². The lowest BCUT2D eigenvalue weighted by Crippen LogP contribution is -2.67. The third-order valence-corrected chi connectivity index (χ3v) is 9.34. The SMILES string of the molecule is O=C1CCC(N2Cc3cc(C4CCN(Cc5cccc(C(=O)N6CC7(COC7)C6)c5)CC4)ccc3C2=O)C(=O)N1. The minimum Gasteiger partial charge on any atom is -0.380 e. The Labute approximate surface area is 233 Å². The highest BCUT2D eigenvalue weighted by Crippen LogP contribution is 2.38. The number of ether oxygens (including phenoxy) is 1. The Kier molecular flexibility index (Phi) is 6.24. The van der Waals surface area contributed by atoms with Gasteiger partial charge < -0.3 is 14.5 Å². The summed E-state index contributed by atoms with van der Waals surface area (Å²) in [7, 11) is 0. The second-order valence-electron chi connectivity index (χ2n) is 12.2. The molecule has 1 N–H and O–H groups in total. The van der Waals surface area contributed by atoms with Crippen LogP contribution in [0.1, 0.15) is 69.0 Å². The van der Waals surface area contributed by atoms with E-state index in [0.717, 1.165) is 75.5 Å². The quantitative estimate of drug-likeness (QED) is 0.583. The molecule has 0 bridgehead atoms. The van der Waals surface area contributed by atoms with Crippen LogP contribution in [0.5, 0.6) is 0 Å². The van der Waals surface area contributed by atoms with Crippen LogP contribution in [-0.4, -0.2) is 83.8 Å². The minimum absolute atomic E-state index is 0.115. The van der Waals surface area contributed by atoms with Crippen molar-refractivity contribution in [3.63, 3.8) is 0 Å². The number of nitrogens with one attached hydrogen (secondary N) is 1. The third-order valence-electron chi connectivity index (χ3n) is 9.34. The summed E-state index contributed by atoms with van der Waals surface area (Å²) in [5.41, 5.74) is 5.02. The molecule has 4 amide bonds. The fourth-order valence-corrected chi connectivity index (χ4v) is 7.00. The summed E-state index contributed by atoms with van der Waals surface area (Å²) >= 11 is 0. The van der Waals surface area contributed by atoms with E-state index < -0.39 is 6.04 Å². The van der Waals surface area contributed by atoms with Gasteiger partial charge in [0.05, 0.1) is 18.6 Å². The first-order valence-electron chi connectivity index (χ1n) is 14.3. The van der Waals surface area contributed by atoms with Crippen molar-refractivity contribution >= 4 is 23.6 Å². The van der Waals surface area contributed by atoms with Crippen molar-refractivity contribution in [2.24, 2.45) is 5.41 Å². The monoisotopic (exact) mass is 542 g/mol. The number of rotatable bonds is 5. The van der Waals surface area contributed by atoms with Crippen LogP contribution in [0.4, 0.5) is 0 Å². The van der Waals surface area contributed by atoms with Crippen LogP contribution < -0.4 is 5.32 Å². The Morgan fingerprint density at radius 1 is 1.00 bits per heavy atom. The highest BCUT2D eigenvalue weighted by Gasteiger charge is 2.50. The van der Waals surface area contributed by atoms with E-state index in [1.54, 1.807) is 4.90 Å². The van der Waals surface area contributed by atoms with Crippen LogP contribution in [0.15, 0.2) is 42.5 Å². The molecule has 208 valence electrons. The lowest BCUT2D eigenvalue weighted by Gasteiger charge is -2.54. The summed E-state index contributed by atoms with van der Waals surface area (Å²) in [6.07, 6.45) is 2.69. The molecule has 5 heterocycles. The summed E-state index contributed by atoms with van der Waals surface area (Å²) in [5.74, 6) is -0.243. The zero-order valence-electron chi connectivity index (χ0n) is 22.6. The van der Waals surface area contributed by atoms with Crippen molar-refractivity contribution in [1.29, 1.82) is 0 Å². The van der Waals surface area contributed by atoms with Crippen molar-refractivity contribution in [1.82, 2.24) is 20.0 Å². The maximum absolute atomic E-state index is 13.0. The minimum atomic E-state index is -0.585. The molecule has 4 saturated heterocycles. The average Bonchev–Trinajstić information content (AvgIpc) is 3.23. The smallest absolute Gasteiger partial charge is 0.255 e. The van der Waals surface area contributed by atoms with Gasteiger partial charge in [0.1, 0.15) is 6.04 Å². The number of carbonyl (C=O) groups excluding carboxylic acids is 4. The molecule has 2 aromatic rings. The van der Waals surface area contributed by atoms with E-state index in [0.29, 0.717) is 24.4 Å². The molecular weight excluding hydrogens is 508 g/mol. The second kappa shape index (κ2) is 9.82. The van der Waals surface area contributed by atoms with E-state index >= 15 is 0 Å². The molecule has 0 aromatic heterocycles. The number of hydrogen-bond acceptors (Lipinski definition) is 6. The van der Waals surface area contributed by atoms with Crippen LogP contribution in [-0.2, 0) is 27.4 Å². The summed E-state index contributed by atoms with van der Waals surface area (Å²) in [6.45, 7) is 6.32. The predicted molar refractivity (Wildman–Crippen MR) is 145 cm³/mol. The number of hydrogen-bond donors (Lipinski definition) is 1. The number of likely N-dealkylation sites (tertiary alicyclic amines) is 2. The Balaban J connectivity index is 0.946. The average molecular weight is 543 g/mol. The van der Waals surface area contributed by atoms with Crippen LogP contribution >= 0.6 is 0 Å². The molecular formula is C31H34N4O5. The normalized spacial score (nSPS) is 24.5.